The highest BCUT2D eigenvalue weighted by atomic mass is 16.2. The number of aryl methyl sites for hydroxylation is 2. The number of para-hydroxylation sites is 1. The van der Waals surface area contributed by atoms with Crippen LogP contribution in [0.15, 0.2) is 18.2 Å². The van der Waals surface area contributed by atoms with Crippen LogP contribution in [0.25, 0.3) is 0 Å². The van der Waals surface area contributed by atoms with Crippen LogP contribution in [-0.4, -0.2) is 24.5 Å². The zero-order valence-electron chi connectivity index (χ0n) is 12.4. The summed E-state index contributed by atoms with van der Waals surface area (Å²) >= 11 is 0. The first-order valence-corrected chi connectivity index (χ1v) is 7.08. The Labute approximate surface area is 116 Å². The molecule has 3 heteroatoms. The van der Waals surface area contributed by atoms with Gasteiger partial charge >= 0.3 is 0 Å². The third-order valence-electron chi connectivity index (χ3n) is 3.81. The van der Waals surface area contributed by atoms with Gasteiger partial charge in [-0.15, -0.1) is 0 Å². The van der Waals surface area contributed by atoms with Gasteiger partial charge in [0, 0.05) is 30.7 Å². The van der Waals surface area contributed by atoms with Crippen LogP contribution >= 0.6 is 0 Å². The molecule has 19 heavy (non-hydrogen) atoms. The van der Waals surface area contributed by atoms with Crippen molar-refractivity contribution in [3.63, 3.8) is 0 Å². The predicted octanol–water partition coefficient (Wildman–Crippen LogP) is 2.66. The topological polar surface area (TPSA) is 32.3 Å². The van der Waals surface area contributed by atoms with E-state index in [1.54, 1.807) is 0 Å². The lowest BCUT2D eigenvalue weighted by Crippen LogP contribution is -2.39. The number of carbonyl (C=O) groups is 1. The number of rotatable bonds is 2. The molecule has 0 radical (unpaired) electrons. The average molecular weight is 260 g/mol. The molecular formula is C16H24N2O. The molecule has 1 aliphatic rings. The first-order valence-electron chi connectivity index (χ1n) is 7.08. The first-order chi connectivity index (χ1) is 8.94. The van der Waals surface area contributed by atoms with Gasteiger partial charge in [0.25, 0.3) is 0 Å². The third kappa shape index (κ3) is 2.98. The summed E-state index contributed by atoms with van der Waals surface area (Å²) in [6.45, 7) is 10.0. The monoisotopic (exact) mass is 260 g/mol. The van der Waals surface area contributed by atoms with E-state index < -0.39 is 0 Å². The Bertz CT molecular complexity index is 480. The first kappa shape index (κ1) is 14.1. The highest BCUT2D eigenvalue weighted by Crippen LogP contribution is 2.28. The fourth-order valence-electron chi connectivity index (χ4n) is 2.79. The summed E-state index contributed by atoms with van der Waals surface area (Å²) in [5.41, 5.74) is 3.45. The van der Waals surface area contributed by atoms with Crippen LogP contribution in [0.2, 0.25) is 0 Å². The summed E-state index contributed by atoms with van der Waals surface area (Å²) < 4.78 is 0. The molecule has 1 aromatic carbocycles. The fourth-order valence-corrected chi connectivity index (χ4v) is 2.79. The molecule has 1 saturated heterocycles. The van der Waals surface area contributed by atoms with Gasteiger partial charge in [0.1, 0.15) is 0 Å². The van der Waals surface area contributed by atoms with Crippen LogP contribution in [-0.2, 0) is 11.2 Å². The van der Waals surface area contributed by atoms with E-state index in [1.807, 2.05) is 4.90 Å². The van der Waals surface area contributed by atoms with Gasteiger partial charge in [-0.2, -0.15) is 0 Å². The Hall–Kier alpha value is -1.35. The molecule has 0 aliphatic carbocycles. The lowest BCUT2D eigenvalue weighted by atomic mass is 9.99. The Kier molecular flexibility index (Phi) is 3.95. The molecule has 1 aromatic rings. The van der Waals surface area contributed by atoms with Crippen LogP contribution in [0.3, 0.4) is 0 Å². The lowest BCUT2D eigenvalue weighted by Gasteiger charge is -2.26. The van der Waals surface area contributed by atoms with Crippen molar-refractivity contribution in [2.75, 3.05) is 18.0 Å². The molecular weight excluding hydrogens is 236 g/mol. The number of amides is 1. The minimum absolute atomic E-state index is 0.110. The Morgan fingerprint density at radius 2 is 2.11 bits per heavy atom. The van der Waals surface area contributed by atoms with Crippen LogP contribution < -0.4 is 10.2 Å². The summed E-state index contributed by atoms with van der Waals surface area (Å²) in [4.78, 5) is 14.5. The Balaban J connectivity index is 2.38. The number of anilines is 1. The lowest BCUT2D eigenvalue weighted by molar-refractivity contribution is -0.119. The summed E-state index contributed by atoms with van der Waals surface area (Å²) in [6.07, 6.45) is 1.50. The molecule has 1 aliphatic heterocycles. The molecule has 0 aromatic heterocycles. The van der Waals surface area contributed by atoms with E-state index in [0.29, 0.717) is 6.42 Å². The fraction of sp³-hybridized carbons (Fsp3) is 0.562. The summed E-state index contributed by atoms with van der Waals surface area (Å²) in [5.74, 6) is 0.221. The van der Waals surface area contributed by atoms with E-state index in [0.717, 1.165) is 25.2 Å². The number of nitrogens with one attached hydrogen (secondary N) is 1. The molecule has 0 spiro atoms. The zero-order valence-corrected chi connectivity index (χ0v) is 12.4. The summed E-state index contributed by atoms with van der Waals surface area (Å²) in [6, 6.07) is 6.28. The average Bonchev–Trinajstić information content (AvgIpc) is 2.46. The SMILES string of the molecule is CCc1cccc(C)c1N1CCNC(C)(C)CC1=O. The van der Waals surface area contributed by atoms with E-state index in [4.69, 9.17) is 0 Å². The Morgan fingerprint density at radius 3 is 2.79 bits per heavy atom. The molecule has 104 valence electrons. The van der Waals surface area contributed by atoms with Gasteiger partial charge in [-0.25, -0.2) is 0 Å². The molecule has 1 amide bonds. The maximum absolute atomic E-state index is 12.5. The predicted molar refractivity (Wildman–Crippen MR) is 79.6 cm³/mol. The number of hydrogen-bond donors (Lipinski definition) is 1. The molecule has 0 saturated carbocycles. The largest absolute Gasteiger partial charge is 0.311 e. The van der Waals surface area contributed by atoms with Crippen molar-refractivity contribution in [3.8, 4) is 0 Å². The van der Waals surface area contributed by atoms with Gasteiger partial charge in [0.05, 0.1) is 0 Å². The van der Waals surface area contributed by atoms with Crippen molar-refractivity contribution in [1.82, 2.24) is 5.32 Å². The van der Waals surface area contributed by atoms with E-state index >= 15 is 0 Å². The van der Waals surface area contributed by atoms with Crippen LogP contribution in [0.1, 0.15) is 38.3 Å². The van der Waals surface area contributed by atoms with E-state index in [9.17, 15) is 4.79 Å². The number of hydrogen-bond acceptors (Lipinski definition) is 2. The minimum atomic E-state index is -0.110. The quantitative estimate of drug-likeness (QED) is 0.886. The maximum atomic E-state index is 12.5. The second-order valence-corrected chi connectivity index (χ2v) is 5.97. The minimum Gasteiger partial charge on any atom is -0.311 e. The number of benzene rings is 1. The smallest absolute Gasteiger partial charge is 0.228 e. The van der Waals surface area contributed by atoms with Crippen LogP contribution in [0.4, 0.5) is 5.69 Å². The third-order valence-corrected chi connectivity index (χ3v) is 3.81. The summed E-state index contributed by atoms with van der Waals surface area (Å²) in [7, 11) is 0. The van der Waals surface area contributed by atoms with Crippen molar-refractivity contribution >= 4 is 11.6 Å². The van der Waals surface area contributed by atoms with E-state index in [1.165, 1.54) is 11.1 Å². The van der Waals surface area contributed by atoms with Gasteiger partial charge in [-0.05, 0) is 38.3 Å². The molecule has 0 unspecified atom stereocenters. The maximum Gasteiger partial charge on any atom is 0.228 e. The molecule has 3 nitrogen and oxygen atoms in total. The van der Waals surface area contributed by atoms with Crippen LogP contribution in [0, 0.1) is 6.92 Å². The van der Waals surface area contributed by atoms with Gasteiger partial charge in [0.2, 0.25) is 5.91 Å². The van der Waals surface area contributed by atoms with E-state index in [2.05, 4.69) is 51.2 Å². The van der Waals surface area contributed by atoms with Crippen molar-refractivity contribution in [2.24, 2.45) is 0 Å². The van der Waals surface area contributed by atoms with Crippen LogP contribution in [0.5, 0.6) is 0 Å². The number of nitrogens with zero attached hydrogens (tertiary/aromatic N) is 1. The highest BCUT2D eigenvalue weighted by molar-refractivity contribution is 5.96. The molecule has 2 rings (SSSR count). The normalized spacial score (nSPS) is 19.4. The van der Waals surface area contributed by atoms with Gasteiger partial charge in [0.15, 0.2) is 0 Å². The number of carbonyl (C=O) groups excluding carboxylic acids is 1. The zero-order chi connectivity index (χ0) is 14.0. The highest BCUT2D eigenvalue weighted by Gasteiger charge is 2.30. The molecule has 0 bridgehead atoms. The second-order valence-electron chi connectivity index (χ2n) is 5.97. The van der Waals surface area contributed by atoms with Crippen molar-refractivity contribution in [3.05, 3.63) is 29.3 Å². The molecule has 1 N–H and O–H groups in total. The van der Waals surface area contributed by atoms with Gasteiger partial charge in [-0.1, -0.05) is 25.1 Å². The summed E-state index contributed by atoms with van der Waals surface area (Å²) in [5, 5.41) is 3.45. The van der Waals surface area contributed by atoms with Crippen molar-refractivity contribution in [1.29, 1.82) is 0 Å². The van der Waals surface area contributed by atoms with Crippen molar-refractivity contribution in [2.45, 2.75) is 46.1 Å². The molecule has 0 atom stereocenters. The van der Waals surface area contributed by atoms with Gasteiger partial charge < -0.3 is 10.2 Å². The molecule has 1 heterocycles. The standard InChI is InChI=1S/C16H24N2O/c1-5-13-8-6-7-12(2)15(13)18-10-9-17-16(3,4)11-14(18)19/h6-8,17H,5,9-11H2,1-4H3. The van der Waals surface area contributed by atoms with E-state index in [-0.39, 0.29) is 11.4 Å². The molecule has 1 fully saturated rings. The van der Waals surface area contributed by atoms with Gasteiger partial charge in [-0.3, -0.25) is 4.79 Å². The Morgan fingerprint density at radius 1 is 1.37 bits per heavy atom. The van der Waals surface area contributed by atoms with Crippen molar-refractivity contribution < 1.29 is 4.79 Å². The second kappa shape index (κ2) is 5.33.